The van der Waals surface area contributed by atoms with E-state index in [1.807, 2.05) is 25.1 Å². The van der Waals surface area contributed by atoms with Gasteiger partial charge in [-0.3, -0.25) is 4.90 Å². The third kappa shape index (κ3) is 6.25. The number of aliphatic hydroxyl groups is 1. The molecule has 4 heteroatoms. The molecule has 0 spiro atoms. The van der Waals surface area contributed by atoms with Crippen LogP contribution in [0.1, 0.15) is 51.5 Å². The molecule has 0 aliphatic heterocycles. The standard InChI is InChI=1S/C24H36N2O2/c1-5-9-22(6-2)26(18-21-12-14-24(15-13-21)28-7-3)20(4)16-17-25(19-27)23-10-8-11-23/h5,9,12-15,23,27H,1,4,6-8,10-11,16-19H2,2-3H3/b22-9+. The number of benzene rings is 1. The molecule has 2 rings (SSSR count). The topological polar surface area (TPSA) is 35.9 Å². The number of aliphatic hydroxyl groups excluding tert-OH is 1. The number of hydrogen-bond acceptors (Lipinski definition) is 4. The van der Waals surface area contributed by atoms with Crippen LogP contribution in [0.15, 0.2) is 61.0 Å². The summed E-state index contributed by atoms with van der Waals surface area (Å²) in [5.41, 5.74) is 3.49. The maximum atomic E-state index is 9.70. The van der Waals surface area contributed by atoms with E-state index in [1.165, 1.54) is 30.5 Å². The largest absolute Gasteiger partial charge is 0.494 e. The predicted molar refractivity (Wildman–Crippen MR) is 117 cm³/mol. The highest BCUT2D eigenvalue weighted by Crippen LogP contribution is 2.27. The van der Waals surface area contributed by atoms with Gasteiger partial charge in [0.15, 0.2) is 0 Å². The molecule has 1 saturated carbocycles. The van der Waals surface area contributed by atoms with Gasteiger partial charge < -0.3 is 14.7 Å². The van der Waals surface area contributed by atoms with E-state index in [2.05, 4.69) is 48.1 Å². The predicted octanol–water partition coefficient (Wildman–Crippen LogP) is 5.08. The van der Waals surface area contributed by atoms with Crippen LogP contribution in [0.4, 0.5) is 0 Å². The fourth-order valence-corrected chi connectivity index (χ4v) is 3.52. The van der Waals surface area contributed by atoms with Crippen molar-refractivity contribution in [2.45, 2.75) is 58.5 Å². The van der Waals surface area contributed by atoms with Crippen LogP contribution >= 0.6 is 0 Å². The Morgan fingerprint density at radius 3 is 2.46 bits per heavy atom. The molecule has 4 nitrogen and oxygen atoms in total. The molecular weight excluding hydrogens is 348 g/mol. The molecular formula is C24H36N2O2. The van der Waals surface area contributed by atoms with E-state index in [0.29, 0.717) is 12.6 Å². The van der Waals surface area contributed by atoms with Crippen molar-refractivity contribution in [1.29, 1.82) is 0 Å². The van der Waals surface area contributed by atoms with Crippen LogP contribution in [-0.2, 0) is 6.54 Å². The van der Waals surface area contributed by atoms with Crippen LogP contribution in [-0.4, -0.2) is 40.8 Å². The number of ether oxygens (including phenoxy) is 1. The van der Waals surface area contributed by atoms with Crippen molar-refractivity contribution >= 4 is 0 Å². The smallest absolute Gasteiger partial charge is 0.119 e. The maximum Gasteiger partial charge on any atom is 0.119 e. The molecule has 0 bridgehead atoms. The van der Waals surface area contributed by atoms with Crippen LogP contribution in [0.25, 0.3) is 0 Å². The molecule has 0 amide bonds. The van der Waals surface area contributed by atoms with E-state index in [0.717, 1.165) is 37.4 Å². The molecule has 28 heavy (non-hydrogen) atoms. The molecule has 154 valence electrons. The zero-order valence-corrected chi connectivity index (χ0v) is 17.6. The van der Waals surface area contributed by atoms with Crippen molar-refractivity contribution in [1.82, 2.24) is 9.80 Å². The second-order valence-corrected chi connectivity index (χ2v) is 7.27. The average molecular weight is 385 g/mol. The normalized spacial score (nSPS) is 14.6. The monoisotopic (exact) mass is 384 g/mol. The van der Waals surface area contributed by atoms with Gasteiger partial charge >= 0.3 is 0 Å². The second-order valence-electron chi connectivity index (χ2n) is 7.27. The van der Waals surface area contributed by atoms with E-state index in [4.69, 9.17) is 4.74 Å². The van der Waals surface area contributed by atoms with Gasteiger partial charge in [0.05, 0.1) is 13.3 Å². The lowest BCUT2D eigenvalue weighted by Crippen LogP contribution is -2.41. The molecule has 0 radical (unpaired) electrons. The molecule has 0 atom stereocenters. The lowest BCUT2D eigenvalue weighted by molar-refractivity contribution is 0.0344. The Labute approximate surface area is 170 Å². The SMILES string of the molecule is C=C/C=C(\CC)N(Cc1ccc(OCC)cc1)C(=C)CCN(CO)C1CCC1. The van der Waals surface area contributed by atoms with Gasteiger partial charge in [-0.2, -0.15) is 0 Å². The lowest BCUT2D eigenvalue weighted by atomic mass is 9.91. The Balaban J connectivity index is 2.08. The van der Waals surface area contributed by atoms with Crippen molar-refractivity contribution in [3.05, 3.63) is 66.5 Å². The molecule has 1 aliphatic rings. The Kier molecular flexibility index (Phi) is 9.32. The molecule has 0 heterocycles. The summed E-state index contributed by atoms with van der Waals surface area (Å²) in [5.74, 6) is 0.896. The van der Waals surface area contributed by atoms with E-state index < -0.39 is 0 Å². The van der Waals surface area contributed by atoms with Gasteiger partial charge in [-0.1, -0.05) is 44.7 Å². The van der Waals surface area contributed by atoms with E-state index in [9.17, 15) is 5.11 Å². The summed E-state index contributed by atoms with van der Waals surface area (Å²) in [6, 6.07) is 8.80. The first-order chi connectivity index (χ1) is 13.6. The number of nitrogens with zero attached hydrogens (tertiary/aromatic N) is 2. The number of allylic oxidation sites excluding steroid dienone is 3. The van der Waals surface area contributed by atoms with Crippen LogP contribution in [0.5, 0.6) is 5.75 Å². The third-order valence-electron chi connectivity index (χ3n) is 5.44. The van der Waals surface area contributed by atoms with Crippen molar-refractivity contribution in [2.75, 3.05) is 19.9 Å². The fourth-order valence-electron chi connectivity index (χ4n) is 3.52. The van der Waals surface area contributed by atoms with Gasteiger partial charge in [-0.15, -0.1) is 0 Å². The van der Waals surface area contributed by atoms with E-state index >= 15 is 0 Å². The second kappa shape index (κ2) is 11.7. The zero-order chi connectivity index (χ0) is 20.4. The minimum Gasteiger partial charge on any atom is -0.494 e. The molecule has 0 aromatic heterocycles. The molecule has 1 fully saturated rings. The molecule has 1 N–H and O–H groups in total. The Hall–Kier alpha value is -2.04. The summed E-state index contributed by atoms with van der Waals surface area (Å²) in [4.78, 5) is 4.46. The number of hydrogen-bond donors (Lipinski definition) is 1. The van der Waals surface area contributed by atoms with Crippen molar-refractivity contribution in [3.8, 4) is 5.75 Å². The number of rotatable bonds is 13. The lowest BCUT2D eigenvalue weighted by Gasteiger charge is -2.37. The molecule has 1 aromatic carbocycles. The third-order valence-corrected chi connectivity index (χ3v) is 5.44. The first kappa shape index (κ1) is 22.3. The van der Waals surface area contributed by atoms with Gasteiger partial charge in [0, 0.05) is 30.5 Å². The summed E-state index contributed by atoms with van der Waals surface area (Å²) in [6.45, 7) is 14.8. The highest BCUT2D eigenvalue weighted by atomic mass is 16.5. The Morgan fingerprint density at radius 1 is 1.25 bits per heavy atom. The first-order valence-electron chi connectivity index (χ1n) is 10.5. The van der Waals surface area contributed by atoms with E-state index in [1.54, 1.807) is 0 Å². The fraction of sp³-hybridized carbons (Fsp3) is 0.500. The van der Waals surface area contributed by atoms with Gasteiger partial charge in [0.2, 0.25) is 0 Å². The highest BCUT2D eigenvalue weighted by molar-refractivity contribution is 5.28. The average Bonchev–Trinajstić information content (AvgIpc) is 2.67. The summed E-state index contributed by atoms with van der Waals surface area (Å²) in [7, 11) is 0. The van der Waals surface area contributed by atoms with Crippen LogP contribution in [0, 0.1) is 0 Å². The first-order valence-corrected chi connectivity index (χ1v) is 10.5. The minimum atomic E-state index is 0.125. The van der Waals surface area contributed by atoms with Crippen LogP contribution in [0.3, 0.4) is 0 Å². The molecule has 0 unspecified atom stereocenters. The minimum absolute atomic E-state index is 0.125. The van der Waals surface area contributed by atoms with Crippen molar-refractivity contribution < 1.29 is 9.84 Å². The summed E-state index contributed by atoms with van der Waals surface area (Å²) in [6.07, 6.45) is 9.31. The Morgan fingerprint density at radius 2 is 1.96 bits per heavy atom. The van der Waals surface area contributed by atoms with Gasteiger partial charge in [0.25, 0.3) is 0 Å². The van der Waals surface area contributed by atoms with Crippen LogP contribution in [0.2, 0.25) is 0 Å². The summed E-state index contributed by atoms with van der Waals surface area (Å²) >= 11 is 0. The Bertz CT molecular complexity index is 647. The summed E-state index contributed by atoms with van der Waals surface area (Å²) in [5, 5.41) is 9.70. The quantitative estimate of drug-likeness (QED) is 0.380. The molecule has 1 aromatic rings. The highest BCUT2D eigenvalue weighted by Gasteiger charge is 2.24. The zero-order valence-electron chi connectivity index (χ0n) is 17.6. The van der Waals surface area contributed by atoms with Crippen LogP contribution < -0.4 is 4.74 Å². The molecule has 0 saturated heterocycles. The molecule has 1 aliphatic carbocycles. The maximum absolute atomic E-state index is 9.70. The summed E-state index contributed by atoms with van der Waals surface area (Å²) < 4.78 is 5.55. The van der Waals surface area contributed by atoms with Gasteiger partial charge in [-0.25, -0.2) is 0 Å². The van der Waals surface area contributed by atoms with Gasteiger partial charge in [-0.05, 0) is 56.4 Å². The van der Waals surface area contributed by atoms with E-state index in [-0.39, 0.29) is 6.73 Å². The van der Waals surface area contributed by atoms with Crippen molar-refractivity contribution in [3.63, 3.8) is 0 Å². The van der Waals surface area contributed by atoms with Crippen molar-refractivity contribution in [2.24, 2.45) is 0 Å². The van der Waals surface area contributed by atoms with Gasteiger partial charge in [0.1, 0.15) is 5.75 Å².